The van der Waals surface area contributed by atoms with Gasteiger partial charge in [-0.1, -0.05) is 18.2 Å². The van der Waals surface area contributed by atoms with Crippen LogP contribution < -0.4 is 11.3 Å². The van der Waals surface area contributed by atoms with E-state index in [0.29, 0.717) is 5.76 Å². The van der Waals surface area contributed by atoms with Crippen molar-refractivity contribution in [3.63, 3.8) is 0 Å². The van der Waals surface area contributed by atoms with E-state index >= 15 is 0 Å². The summed E-state index contributed by atoms with van der Waals surface area (Å²) in [6, 6.07) is 13.3. The molecule has 1 aromatic carbocycles. The SMILES string of the molecule is NNC(c1ccn(-c2ccccc2)n1)c1occc1Br. The Morgan fingerprint density at radius 2 is 2.00 bits per heavy atom. The molecule has 6 heteroatoms. The molecule has 2 aromatic heterocycles. The molecule has 3 aromatic rings. The summed E-state index contributed by atoms with van der Waals surface area (Å²) in [4.78, 5) is 0. The second-order valence-corrected chi connectivity index (χ2v) is 5.11. The van der Waals surface area contributed by atoms with Crippen LogP contribution in [0.4, 0.5) is 0 Å². The van der Waals surface area contributed by atoms with Gasteiger partial charge in [0.2, 0.25) is 0 Å². The van der Waals surface area contributed by atoms with Crippen molar-refractivity contribution in [2.45, 2.75) is 6.04 Å². The highest BCUT2D eigenvalue weighted by Gasteiger charge is 2.21. The van der Waals surface area contributed by atoms with Gasteiger partial charge in [0, 0.05) is 6.20 Å². The molecule has 0 aliphatic heterocycles. The van der Waals surface area contributed by atoms with Crippen LogP contribution in [0.15, 0.2) is 63.8 Å². The number of hydrogen-bond donors (Lipinski definition) is 2. The molecule has 0 aliphatic carbocycles. The maximum atomic E-state index is 5.63. The standard InChI is InChI=1S/C14H13BrN4O/c15-11-7-9-20-14(11)13(17-16)12-6-8-19(18-12)10-4-2-1-3-5-10/h1-9,13,17H,16H2. The van der Waals surface area contributed by atoms with Gasteiger partial charge >= 0.3 is 0 Å². The van der Waals surface area contributed by atoms with E-state index in [1.807, 2.05) is 48.7 Å². The van der Waals surface area contributed by atoms with E-state index in [9.17, 15) is 0 Å². The van der Waals surface area contributed by atoms with Crippen LogP contribution in [0.3, 0.4) is 0 Å². The Kier molecular flexibility index (Phi) is 3.68. The number of nitrogens with two attached hydrogens (primary N) is 1. The van der Waals surface area contributed by atoms with Crippen molar-refractivity contribution < 1.29 is 4.42 Å². The molecular formula is C14H13BrN4O. The lowest BCUT2D eigenvalue weighted by molar-refractivity contribution is 0.443. The van der Waals surface area contributed by atoms with Crippen molar-refractivity contribution in [3.8, 4) is 5.69 Å². The lowest BCUT2D eigenvalue weighted by Gasteiger charge is -2.11. The molecule has 20 heavy (non-hydrogen) atoms. The van der Waals surface area contributed by atoms with Gasteiger partial charge in [0.1, 0.15) is 11.8 Å². The molecule has 3 rings (SSSR count). The van der Waals surface area contributed by atoms with E-state index in [1.54, 1.807) is 10.9 Å². The Morgan fingerprint density at radius 3 is 2.65 bits per heavy atom. The smallest absolute Gasteiger partial charge is 0.142 e. The van der Waals surface area contributed by atoms with Crippen molar-refractivity contribution in [3.05, 3.63) is 70.9 Å². The van der Waals surface area contributed by atoms with Crippen LogP contribution in [0.2, 0.25) is 0 Å². The fourth-order valence-corrected chi connectivity index (χ4v) is 2.45. The first-order chi connectivity index (χ1) is 9.79. The average Bonchev–Trinajstić information content (AvgIpc) is 3.12. The number of nitrogens with one attached hydrogen (secondary N) is 1. The summed E-state index contributed by atoms with van der Waals surface area (Å²) in [5.41, 5.74) is 4.50. The zero-order chi connectivity index (χ0) is 13.9. The maximum Gasteiger partial charge on any atom is 0.142 e. The number of aromatic nitrogens is 2. The Hall–Kier alpha value is -1.89. The monoisotopic (exact) mass is 332 g/mol. The maximum absolute atomic E-state index is 5.63. The molecule has 0 saturated heterocycles. The highest BCUT2D eigenvalue weighted by Crippen LogP contribution is 2.28. The molecule has 0 bridgehead atoms. The molecule has 0 saturated carbocycles. The predicted octanol–water partition coefficient (Wildman–Crippen LogP) is 2.78. The van der Waals surface area contributed by atoms with Crippen LogP contribution in [-0.2, 0) is 0 Å². The first-order valence-corrected chi connectivity index (χ1v) is 6.89. The van der Waals surface area contributed by atoms with Crippen molar-refractivity contribution in [1.82, 2.24) is 15.2 Å². The lowest BCUT2D eigenvalue weighted by atomic mass is 10.2. The minimum atomic E-state index is -0.302. The van der Waals surface area contributed by atoms with Crippen molar-refractivity contribution in [2.75, 3.05) is 0 Å². The number of halogens is 1. The topological polar surface area (TPSA) is 69.0 Å². The molecule has 1 unspecified atom stereocenters. The molecule has 0 amide bonds. The van der Waals surface area contributed by atoms with Gasteiger partial charge in [0.25, 0.3) is 0 Å². The third kappa shape index (κ3) is 2.40. The zero-order valence-corrected chi connectivity index (χ0v) is 12.1. The highest BCUT2D eigenvalue weighted by atomic mass is 79.9. The molecule has 0 spiro atoms. The summed E-state index contributed by atoms with van der Waals surface area (Å²) in [6.07, 6.45) is 3.50. The van der Waals surface area contributed by atoms with Gasteiger partial charge in [0.15, 0.2) is 0 Å². The first-order valence-electron chi connectivity index (χ1n) is 6.09. The van der Waals surface area contributed by atoms with Gasteiger partial charge < -0.3 is 4.42 Å². The van der Waals surface area contributed by atoms with E-state index in [0.717, 1.165) is 15.9 Å². The fourth-order valence-electron chi connectivity index (χ4n) is 2.02. The van der Waals surface area contributed by atoms with Crippen LogP contribution >= 0.6 is 15.9 Å². The molecule has 0 radical (unpaired) electrons. The molecule has 1 atom stereocenters. The van der Waals surface area contributed by atoms with E-state index in [-0.39, 0.29) is 6.04 Å². The lowest BCUT2D eigenvalue weighted by Crippen LogP contribution is -2.29. The molecule has 0 fully saturated rings. The minimum Gasteiger partial charge on any atom is -0.466 e. The number of para-hydroxylation sites is 1. The largest absolute Gasteiger partial charge is 0.466 e. The minimum absolute atomic E-state index is 0.302. The van der Waals surface area contributed by atoms with Gasteiger partial charge in [-0.15, -0.1) is 0 Å². The molecule has 2 heterocycles. The van der Waals surface area contributed by atoms with E-state index in [4.69, 9.17) is 10.3 Å². The van der Waals surface area contributed by atoms with Crippen LogP contribution in [0.25, 0.3) is 5.69 Å². The van der Waals surface area contributed by atoms with Crippen LogP contribution in [-0.4, -0.2) is 9.78 Å². The fraction of sp³-hybridized carbons (Fsp3) is 0.0714. The van der Waals surface area contributed by atoms with E-state index < -0.39 is 0 Å². The molecule has 3 N–H and O–H groups in total. The van der Waals surface area contributed by atoms with E-state index in [1.165, 1.54) is 0 Å². The van der Waals surface area contributed by atoms with Crippen LogP contribution in [0, 0.1) is 0 Å². The number of hydrazine groups is 1. The van der Waals surface area contributed by atoms with E-state index in [2.05, 4.69) is 26.5 Å². The Balaban J connectivity index is 1.95. The third-order valence-corrected chi connectivity index (χ3v) is 3.65. The number of rotatable bonds is 4. The molecule has 0 aliphatic rings. The molecular weight excluding hydrogens is 320 g/mol. The van der Waals surface area contributed by atoms with Gasteiger partial charge in [-0.05, 0) is 40.2 Å². The van der Waals surface area contributed by atoms with Crippen molar-refractivity contribution in [1.29, 1.82) is 0 Å². The normalized spacial score (nSPS) is 12.5. The Labute approximate surface area is 124 Å². The zero-order valence-electron chi connectivity index (χ0n) is 10.5. The average molecular weight is 333 g/mol. The predicted molar refractivity (Wildman–Crippen MR) is 79.1 cm³/mol. The summed E-state index contributed by atoms with van der Waals surface area (Å²) >= 11 is 3.43. The molecule has 5 nitrogen and oxygen atoms in total. The quantitative estimate of drug-likeness (QED) is 0.569. The summed E-state index contributed by atoms with van der Waals surface area (Å²) in [7, 11) is 0. The number of nitrogens with zero attached hydrogens (tertiary/aromatic N) is 2. The van der Waals surface area contributed by atoms with Crippen molar-refractivity contribution >= 4 is 15.9 Å². The van der Waals surface area contributed by atoms with Crippen LogP contribution in [0.1, 0.15) is 17.5 Å². The van der Waals surface area contributed by atoms with Gasteiger partial charge in [-0.2, -0.15) is 5.10 Å². The van der Waals surface area contributed by atoms with Gasteiger partial charge in [-0.3, -0.25) is 5.84 Å². The summed E-state index contributed by atoms with van der Waals surface area (Å²) in [5, 5.41) is 4.54. The number of benzene rings is 1. The number of furan rings is 1. The van der Waals surface area contributed by atoms with Crippen molar-refractivity contribution in [2.24, 2.45) is 5.84 Å². The first kappa shape index (κ1) is 13.1. The highest BCUT2D eigenvalue weighted by molar-refractivity contribution is 9.10. The third-order valence-electron chi connectivity index (χ3n) is 3.00. The van der Waals surface area contributed by atoms with Gasteiger partial charge in [0.05, 0.1) is 22.1 Å². The Bertz CT molecular complexity index is 692. The van der Waals surface area contributed by atoms with Crippen LogP contribution in [0.5, 0.6) is 0 Å². The number of hydrogen-bond acceptors (Lipinski definition) is 4. The second kappa shape index (κ2) is 5.62. The summed E-state index contributed by atoms with van der Waals surface area (Å²) < 4.78 is 8.11. The second-order valence-electron chi connectivity index (χ2n) is 4.25. The van der Waals surface area contributed by atoms with Gasteiger partial charge in [-0.25, -0.2) is 10.1 Å². The summed E-state index contributed by atoms with van der Waals surface area (Å²) in [5.74, 6) is 6.33. The summed E-state index contributed by atoms with van der Waals surface area (Å²) in [6.45, 7) is 0. The Morgan fingerprint density at radius 1 is 1.20 bits per heavy atom. The molecule has 102 valence electrons.